The summed E-state index contributed by atoms with van der Waals surface area (Å²) >= 11 is 0. The smallest absolute Gasteiger partial charge is 0.225 e. The minimum atomic E-state index is 0.0423. The molecule has 2 unspecified atom stereocenters. The first-order chi connectivity index (χ1) is 7.27. The van der Waals surface area contributed by atoms with Crippen molar-refractivity contribution >= 4 is 5.91 Å². The minimum Gasteiger partial charge on any atom is -0.381 e. The fourth-order valence-corrected chi connectivity index (χ4v) is 1.76. The summed E-state index contributed by atoms with van der Waals surface area (Å²) in [5, 5.41) is 3.00. The number of hydrogen-bond acceptors (Lipinski definition) is 3. The number of ether oxygens (including phenoxy) is 1. The van der Waals surface area contributed by atoms with Crippen LogP contribution in [0.3, 0.4) is 0 Å². The molecule has 4 nitrogen and oxygen atoms in total. The number of nitrogens with two attached hydrogens (primary N) is 1. The normalized spacial score (nSPS) is 22.7. The van der Waals surface area contributed by atoms with Gasteiger partial charge in [-0.2, -0.15) is 0 Å². The summed E-state index contributed by atoms with van der Waals surface area (Å²) in [6, 6.07) is 0.137. The maximum Gasteiger partial charge on any atom is 0.225 e. The van der Waals surface area contributed by atoms with Gasteiger partial charge in [0.05, 0.1) is 12.5 Å². The summed E-state index contributed by atoms with van der Waals surface area (Å²) in [4.78, 5) is 11.7. The lowest BCUT2D eigenvalue weighted by atomic mass is 10.1. The second-order valence-corrected chi connectivity index (χ2v) is 4.14. The number of carbonyl (C=O) groups excluding carboxylic acids is 1. The van der Waals surface area contributed by atoms with Crippen LogP contribution in [0.25, 0.3) is 0 Å². The van der Waals surface area contributed by atoms with E-state index in [9.17, 15) is 4.79 Å². The van der Waals surface area contributed by atoms with Crippen molar-refractivity contribution in [2.75, 3.05) is 19.8 Å². The molecule has 1 rings (SSSR count). The van der Waals surface area contributed by atoms with Gasteiger partial charge in [0.1, 0.15) is 0 Å². The number of unbranched alkanes of at least 4 members (excludes halogenated alkanes) is 1. The molecule has 0 bridgehead atoms. The molecular weight excluding hydrogens is 192 g/mol. The van der Waals surface area contributed by atoms with Crippen molar-refractivity contribution in [3.8, 4) is 0 Å². The van der Waals surface area contributed by atoms with Crippen molar-refractivity contribution in [3.63, 3.8) is 0 Å². The van der Waals surface area contributed by atoms with Crippen LogP contribution in [0.5, 0.6) is 0 Å². The molecule has 0 radical (unpaired) electrons. The number of rotatable bonds is 6. The highest BCUT2D eigenvalue weighted by Gasteiger charge is 2.24. The van der Waals surface area contributed by atoms with Crippen molar-refractivity contribution in [3.05, 3.63) is 0 Å². The Hall–Kier alpha value is -0.610. The van der Waals surface area contributed by atoms with Crippen LogP contribution in [0.1, 0.15) is 32.6 Å². The van der Waals surface area contributed by atoms with Crippen LogP contribution < -0.4 is 11.1 Å². The molecule has 88 valence electrons. The van der Waals surface area contributed by atoms with E-state index in [0.717, 1.165) is 25.7 Å². The van der Waals surface area contributed by atoms with Crippen molar-refractivity contribution in [2.24, 2.45) is 11.7 Å². The van der Waals surface area contributed by atoms with Gasteiger partial charge in [0.2, 0.25) is 5.91 Å². The Bertz CT molecular complexity index is 191. The third kappa shape index (κ3) is 4.18. The molecule has 1 heterocycles. The van der Waals surface area contributed by atoms with Crippen LogP contribution in [0.4, 0.5) is 0 Å². The summed E-state index contributed by atoms with van der Waals surface area (Å²) in [7, 11) is 0. The van der Waals surface area contributed by atoms with E-state index in [1.165, 1.54) is 0 Å². The second-order valence-electron chi connectivity index (χ2n) is 4.14. The van der Waals surface area contributed by atoms with E-state index in [2.05, 4.69) is 12.2 Å². The lowest BCUT2D eigenvalue weighted by molar-refractivity contribution is -0.125. The van der Waals surface area contributed by atoms with Gasteiger partial charge in [-0.15, -0.1) is 0 Å². The summed E-state index contributed by atoms with van der Waals surface area (Å²) < 4.78 is 5.18. The predicted molar refractivity (Wildman–Crippen MR) is 59.4 cm³/mol. The van der Waals surface area contributed by atoms with E-state index in [0.29, 0.717) is 19.8 Å². The SMILES string of the molecule is CCCCC(CN)NC(=O)C1CCOC1. The Kier molecular flexibility index (Phi) is 5.65. The number of nitrogens with one attached hydrogen (secondary N) is 1. The van der Waals surface area contributed by atoms with Gasteiger partial charge in [0.25, 0.3) is 0 Å². The maximum absolute atomic E-state index is 11.7. The molecule has 0 aromatic heterocycles. The van der Waals surface area contributed by atoms with E-state index in [-0.39, 0.29) is 17.9 Å². The molecule has 1 aliphatic rings. The maximum atomic E-state index is 11.7. The Labute approximate surface area is 91.5 Å². The molecule has 0 spiro atoms. The van der Waals surface area contributed by atoms with Crippen LogP contribution in [-0.4, -0.2) is 31.7 Å². The first-order valence-corrected chi connectivity index (χ1v) is 5.86. The van der Waals surface area contributed by atoms with Gasteiger partial charge in [-0.3, -0.25) is 4.79 Å². The van der Waals surface area contributed by atoms with Crippen molar-refractivity contribution in [1.29, 1.82) is 0 Å². The number of hydrogen-bond donors (Lipinski definition) is 2. The average Bonchev–Trinajstić information content (AvgIpc) is 2.77. The fourth-order valence-electron chi connectivity index (χ4n) is 1.76. The minimum absolute atomic E-state index is 0.0423. The van der Waals surface area contributed by atoms with Gasteiger partial charge in [-0.1, -0.05) is 19.8 Å². The molecular formula is C11H22N2O2. The summed E-state index contributed by atoms with van der Waals surface area (Å²) in [5.41, 5.74) is 5.61. The predicted octanol–water partition coefficient (Wildman–Crippen LogP) is 0.657. The molecule has 3 N–H and O–H groups in total. The first-order valence-electron chi connectivity index (χ1n) is 5.86. The van der Waals surface area contributed by atoms with E-state index in [1.807, 2.05) is 0 Å². The number of amides is 1. The highest BCUT2D eigenvalue weighted by atomic mass is 16.5. The van der Waals surface area contributed by atoms with Gasteiger partial charge in [-0.05, 0) is 12.8 Å². The molecule has 4 heteroatoms. The van der Waals surface area contributed by atoms with Crippen LogP contribution in [0.2, 0.25) is 0 Å². The summed E-state index contributed by atoms with van der Waals surface area (Å²) in [5.74, 6) is 0.153. The van der Waals surface area contributed by atoms with Crippen molar-refractivity contribution < 1.29 is 9.53 Å². The lowest BCUT2D eigenvalue weighted by Crippen LogP contribution is -2.43. The molecule has 1 fully saturated rings. The van der Waals surface area contributed by atoms with Crippen LogP contribution in [0.15, 0.2) is 0 Å². The highest BCUT2D eigenvalue weighted by Crippen LogP contribution is 2.12. The third-order valence-corrected chi connectivity index (χ3v) is 2.84. The van der Waals surface area contributed by atoms with E-state index in [4.69, 9.17) is 10.5 Å². The second kappa shape index (κ2) is 6.80. The van der Waals surface area contributed by atoms with Gasteiger partial charge in [-0.25, -0.2) is 0 Å². The monoisotopic (exact) mass is 214 g/mol. The Morgan fingerprint density at radius 3 is 3.00 bits per heavy atom. The van der Waals surface area contributed by atoms with Crippen LogP contribution in [0, 0.1) is 5.92 Å². The fraction of sp³-hybridized carbons (Fsp3) is 0.909. The first kappa shape index (κ1) is 12.5. The molecule has 0 saturated carbocycles. The van der Waals surface area contributed by atoms with Gasteiger partial charge >= 0.3 is 0 Å². The third-order valence-electron chi connectivity index (χ3n) is 2.84. The standard InChI is InChI=1S/C11H22N2O2/c1-2-3-4-10(7-12)13-11(14)9-5-6-15-8-9/h9-10H,2-8,12H2,1H3,(H,13,14). The zero-order valence-corrected chi connectivity index (χ0v) is 9.50. The Morgan fingerprint density at radius 2 is 2.47 bits per heavy atom. The van der Waals surface area contributed by atoms with E-state index in [1.54, 1.807) is 0 Å². The molecule has 0 aromatic rings. The average molecular weight is 214 g/mol. The van der Waals surface area contributed by atoms with E-state index >= 15 is 0 Å². The Balaban J connectivity index is 2.26. The highest BCUT2D eigenvalue weighted by molar-refractivity contribution is 5.79. The zero-order valence-electron chi connectivity index (χ0n) is 9.50. The van der Waals surface area contributed by atoms with Gasteiger partial charge in [0.15, 0.2) is 0 Å². The molecule has 1 saturated heterocycles. The number of carbonyl (C=O) groups is 1. The molecule has 1 amide bonds. The largest absolute Gasteiger partial charge is 0.381 e. The Morgan fingerprint density at radius 1 is 1.67 bits per heavy atom. The molecule has 15 heavy (non-hydrogen) atoms. The van der Waals surface area contributed by atoms with Gasteiger partial charge in [0, 0.05) is 19.2 Å². The molecule has 1 aliphatic heterocycles. The van der Waals surface area contributed by atoms with Gasteiger partial charge < -0.3 is 15.8 Å². The van der Waals surface area contributed by atoms with Crippen LogP contribution in [-0.2, 0) is 9.53 Å². The molecule has 0 aliphatic carbocycles. The van der Waals surface area contributed by atoms with E-state index < -0.39 is 0 Å². The quantitative estimate of drug-likeness (QED) is 0.682. The van der Waals surface area contributed by atoms with Crippen molar-refractivity contribution in [2.45, 2.75) is 38.6 Å². The zero-order chi connectivity index (χ0) is 11.1. The van der Waals surface area contributed by atoms with Crippen LogP contribution >= 0.6 is 0 Å². The van der Waals surface area contributed by atoms with Crippen molar-refractivity contribution in [1.82, 2.24) is 5.32 Å². The molecule has 0 aromatic carbocycles. The molecule has 2 atom stereocenters. The lowest BCUT2D eigenvalue weighted by Gasteiger charge is -2.18. The summed E-state index contributed by atoms with van der Waals surface area (Å²) in [6.07, 6.45) is 4.07. The topological polar surface area (TPSA) is 64.3 Å². The summed E-state index contributed by atoms with van der Waals surface area (Å²) in [6.45, 7) is 3.94.